The van der Waals surface area contributed by atoms with Gasteiger partial charge in [-0.1, -0.05) is 134 Å². The number of ether oxygens (including phenoxy) is 1. The standard InChI is InChI=1S/C47H33N5O.Pd/c1-47(2,3)38-19-12-27-49-46(38)51-39-20-11-10-18-34(39)35-24-22-33(29-41(35)51)53-32-23-25-36-37(28-32)45-50-42(30-14-6-4-7-15-30)44(31-16-8-5-9-17-31)52(45)40-21-13-26-48-43(36)40;/h4-27H,1-3H3;/q-2;+2. The molecule has 0 aliphatic rings. The van der Waals surface area contributed by atoms with Gasteiger partial charge in [-0.2, -0.15) is 6.07 Å². The van der Waals surface area contributed by atoms with E-state index in [1.54, 1.807) is 0 Å². The molecule has 0 amide bonds. The van der Waals surface area contributed by atoms with Gasteiger partial charge >= 0.3 is 20.4 Å². The van der Waals surface area contributed by atoms with Crippen LogP contribution in [0.3, 0.4) is 0 Å². The van der Waals surface area contributed by atoms with Gasteiger partial charge in [0.2, 0.25) is 0 Å². The zero-order valence-corrected chi connectivity index (χ0v) is 31.4. The number of aromatic nitrogens is 5. The first-order valence-corrected chi connectivity index (χ1v) is 17.8. The molecule has 0 atom stereocenters. The molecule has 6 nitrogen and oxygen atoms in total. The summed E-state index contributed by atoms with van der Waals surface area (Å²) in [5.41, 5.74) is 9.63. The van der Waals surface area contributed by atoms with E-state index in [4.69, 9.17) is 19.7 Å². The molecular formula is C47H33N5OPd. The maximum absolute atomic E-state index is 6.64. The molecule has 54 heavy (non-hydrogen) atoms. The van der Waals surface area contributed by atoms with Crippen LogP contribution in [0.4, 0.5) is 0 Å². The Morgan fingerprint density at radius 1 is 0.593 bits per heavy atom. The molecular weight excluding hydrogens is 757 g/mol. The Kier molecular flexibility index (Phi) is 8.15. The SMILES string of the molecule is CC(C)(C)c1cccnc1-n1c2[c-]c(Oc3[c-]c4c(cc3)c3ncccc3n3c(-c5ccccc5)c(-c5ccccc5)nc43)ccc2c2ccccc21.[Pd+2]. The summed E-state index contributed by atoms with van der Waals surface area (Å²) in [5.74, 6) is 2.03. The first-order valence-electron chi connectivity index (χ1n) is 17.8. The number of imidazole rings is 1. The first-order chi connectivity index (χ1) is 25.9. The summed E-state index contributed by atoms with van der Waals surface area (Å²) in [6.07, 6.45) is 3.70. The van der Waals surface area contributed by atoms with Crippen LogP contribution in [0.1, 0.15) is 26.3 Å². The summed E-state index contributed by atoms with van der Waals surface area (Å²) in [6.45, 7) is 6.66. The number of hydrogen-bond donors (Lipinski definition) is 0. The van der Waals surface area contributed by atoms with Crippen LogP contribution in [0.5, 0.6) is 11.5 Å². The Morgan fingerprint density at radius 2 is 1.24 bits per heavy atom. The van der Waals surface area contributed by atoms with Gasteiger partial charge in [0.15, 0.2) is 0 Å². The van der Waals surface area contributed by atoms with Crippen LogP contribution in [0, 0.1) is 12.1 Å². The fourth-order valence-electron chi connectivity index (χ4n) is 7.61. The summed E-state index contributed by atoms with van der Waals surface area (Å²) in [4.78, 5) is 15.2. The first kappa shape index (κ1) is 33.7. The molecule has 0 N–H and O–H groups in total. The zero-order chi connectivity index (χ0) is 35.7. The Hall–Kier alpha value is -6.13. The molecule has 262 valence electrons. The topological polar surface area (TPSA) is 57.2 Å². The molecule has 0 bridgehead atoms. The van der Waals surface area contributed by atoms with Crippen molar-refractivity contribution < 1.29 is 25.2 Å². The molecule has 7 heteroatoms. The second-order valence-corrected chi connectivity index (χ2v) is 14.3. The van der Waals surface area contributed by atoms with Gasteiger partial charge in [0, 0.05) is 40.5 Å². The summed E-state index contributed by atoms with van der Waals surface area (Å²) in [6, 6.07) is 52.8. The number of nitrogens with zero attached hydrogens (tertiary/aromatic N) is 5. The monoisotopic (exact) mass is 789 g/mol. The summed E-state index contributed by atoms with van der Waals surface area (Å²) >= 11 is 0. The molecule has 0 aliphatic heterocycles. The quantitative estimate of drug-likeness (QED) is 0.0990. The smallest absolute Gasteiger partial charge is 0.503 e. The molecule has 10 rings (SSSR count). The van der Waals surface area contributed by atoms with Gasteiger partial charge in [0.05, 0.1) is 28.1 Å². The average Bonchev–Trinajstić information content (AvgIpc) is 3.75. The van der Waals surface area contributed by atoms with Crippen molar-refractivity contribution in [2.24, 2.45) is 0 Å². The van der Waals surface area contributed by atoms with Crippen LogP contribution in [0.15, 0.2) is 146 Å². The third kappa shape index (κ3) is 5.39. The molecule has 0 saturated carbocycles. The normalized spacial score (nSPS) is 11.8. The number of pyridine rings is 3. The molecule has 0 aliphatic carbocycles. The van der Waals surface area contributed by atoms with E-state index in [0.29, 0.717) is 11.5 Å². The van der Waals surface area contributed by atoms with Gasteiger partial charge in [-0.15, -0.1) is 23.6 Å². The molecule has 5 heterocycles. The van der Waals surface area contributed by atoms with Crippen molar-refractivity contribution in [3.63, 3.8) is 0 Å². The Morgan fingerprint density at radius 3 is 2.02 bits per heavy atom. The summed E-state index contributed by atoms with van der Waals surface area (Å²) in [5, 5.41) is 4.00. The zero-order valence-electron chi connectivity index (χ0n) is 29.8. The predicted octanol–water partition coefficient (Wildman–Crippen LogP) is 11.5. The molecule has 0 spiro atoms. The molecule has 0 radical (unpaired) electrons. The van der Waals surface area contributed by atoms with Crippen LogP contribution in [0.2, 0.25) is 0 Å². The van der Waals surface area contributed by atoms with Gasteiger partial charge in [-0.25, -0.2) is 4.98 Å². The fraction of sp³-hybridized carbons (Fsp3) is 0.0851. The van der Waals surface area contributed by atoms with E-state index in [-0.39, 0.29) is 25.8 Å². The van der Waals surface area contributed by atoms with Crippen molar-refractivity contribution in [1.82, 2.24) is 23.9 Å². The number of fused-ring (bicyclic) bond motifs is 9. The van der Waals surface area contributed by atoms with E-state index >= 15 is 0 Å². The maximum atomic E-state index is 6.64. The minimum Gasteiger partial charge on any atom is -0.503 e. The molecule has 0 saturated heterocycles. The van der Waals surface area contributed by atoms with Gasteiger partial charge in [-0.05, 0) is 40.6 Å². The molecule has 0 unspecified atom stereocenters. The Labute approximate surface area is 326 Å². The Balaban J connectivity index is 0.00000384. The fourth-order valence-corrected chi connectivity index (χ4v) is 7.61. The third-order valence-electron chi connectivity index (χ3n) is 9.98. The Bertz CT molecular complexity index is 3020. The van der Waals surface area contributed by atoms with Gasteiger partial charge in [-0.3, -0.25) is 9.97 Å². The van der Waals surface area contributed by atoms with Crippen LogP contribution < -0.4 is 4.74 Å². The molecule has 0 fully saturated rings. The predicted molar refractivity (Wildman–Crippen MR) is 214 cm³/mol. The van der Waals surface area contributed by atoms with E-state index in [1.165, 1.54) is 0 Å². The van der Waals surface area contributed by atoms with Crippen molar-refractivity contribution in [2.45, 2.75) is 26.2 Å². The minimum atomic E-state index is -0.118. The largest absolute Gasteiger partial charge is 2.00 e. The van der Waals surface area contributed by atoms with E-state index < -0.39 is 0 Å². The minimum absolute atomic E-state index is 0. The van der Waals surface area contributed by atoms with E-state index in [1.807, 2.05) is 48.8 Å². The second kappa shape index (κ2) is 13.1. The van der Waals surface area contributed by atoms with Crippen molar-refractivity contribution in [1.29, 1.82) is 0 Å². The molecule has 5 aromatic carbocycles. The average molecular weight is 790 g/mol. The van der Waals surface area contributed by atoms with E-state index in [0.717, 1.165) is 83.2 Å². The summed E-state index contributed by atoms with van der Waals surface area (Å²) in [7, 11) is 0. The van der Waals surface area contributed by atoms with Crippen molar-refractivity contribution in [3.8, 4) is 39.8 Å². The molecule has 5 aromatic heterocycles. The second-order valence-electron chi connectivity index (χ2n) is 14.3. The van der Waals surface area contributed by atoms with Crippen molar-refractivity contribution in [2.75, 3.05) is 0 Å². The number of benzene rings is 5. The van der Waals surface area contributed by atoms with Crippen molar-refractivity contribution in [3.05, 3.63) is 164 Å². The third-order valence-corrected chi connectivity index (χ3v) is 9.98. The molecule has 10 aromatic rings. The maximum Gasteiger partial charge on any atom is 2.00 e. The van der Waals surface area contributed by atoms with Gasteiger partial charge in [0.25, 0.3) is 0 Å². The number of hydrogen-bond acceptors (Lipinski definition) is 4. The number of rotatable bonds is 5. The van der Waals surface area contributed by atoms with E-state index in [2.05, 4.69) is 139 Å². The van der Waals surface area contributed by atoms with Crippen LogP contribution >= 0.6 is 0 Å². The van der Waals surface area contributed by atoms with E-state index in [9.17, 15) is 0 Å². The van der Waals surface area contributed by atoms with Crippen LogP contribution in [0.25, 0.3) is 77.6 Å². The van der Waals surface area contributed by atoms with Crippen molar-refractivity contribution >= 4 is 49.3 Å². The number of para-hydroxylation sites is 1. The van der Waals surface area contributed by atoms with Crippen LogP contribution in [-0.4, -0.2) is 23.9 Å². The van der Waals surface area contributed by atoms with Gasteiger partial charge < -0.3 is 13.7 Å². The van der Waals surface area contributed by atoms with Gasteiger partial charge in [0.1, 0.15) is 5.82 Å². The van der Waals surface area contributed by atoms with Crippen LogP contribution in [-0.2, 0) is 25.8 Å². The summed E-state index contributed by atoms with van der Waals surface area (Å²) < 4.78 is 11.1.